The van der Waals surface area contributed by atoms with E-state index in [1.54, 1.807) is 29.0 Å². The average molecular weight is 433 g/mol. The van der Waals surface area contributed by atoms with E-state index in [2.05, 4.69) is 0 Å². The minimum atomic E-state index is -0.206. The van der Waals surface area contributed by atoms with E-state index in [-0.39, 0.29) is 11.5 Å². The van der Waals surface area contributed by atoms with Gasteiger partial charge in [0.1, 0.15) is 11.4 Å². The van der Waals surface area contributed by atoms with Gasteiger partial charge in [-0.05, 0) is 48.5 Å². The fourth-order valence-corrected chi connectivity index (χ4v) is 3.64. The lowest BCUT2D eigenvalue weighted by molar-refractivity contribution is 0.101. The highest BCUT2D eigenvalue weighted by atomic mass is 35.5. The molecule has 30 heavy (non-hydrogen) atoms. The molecule has 6 heteroatoms. The van der Waals surface area contributed by atoms with Crippen LogP contribution in [0.2, 0.25) is 10.0 Å². The molecule has 0 N–H and O–H groups in total. The smallest absolute Gasteiger partial charge is 0.232 e. The molecule has 0 amide bonds. The van der Waals surface area contributed by atoms with Crippen LogP contribution in [-0.2, 0) is 0 Å². The molecule has 0 unspecified atom stereocenters. The predicted molar refractivity (Wildman–Crippen MR) is 118 cm³/mol. The zero-order valence-electron chi connectivity index (χ0n) is 15.5. The van der Waals surface area contributed by atoms with Crippen LogP contribution in [-0.4, -0.2) is 15.6 Å². The van der Waals surface area contributed by atoms with E-state index in [1.165, 1.54) is 0 Å². The van der Waals surface area contributed by atoms with Crippen molar-refractivity contribution < 1.29 is 9.53 Å². The fourth-order valence-electron chi connectivity index (χ4n) is 3.34. The Morgan fingerprint density at radius 3 is 2.40 bits per heavy atom. The van der Waals surface area contributed by atoms with Crippen molar-refractivity contribution in [2.24, 2.45) is 0 Å². The number of fused-ring (bicyclic) bond motifs is 1. The molecule has 4 aromatic rings. The van der Waals surface area contributed by atoms with Crippen LogP contribution < -0.4 is 4.74 Å². The van der Waals surface area contributed by atoms with Crippen molar-refractivity contribution in [3.05, 3.63) is 106 Å². The maximum Gasteiger partial charge on any atom is 0.232 e. The van der Waals surface area contributed by atoms with E-state index in [4.69, 9.17) is 33.0 Å². The second-order valence-corrected chi connectivity index (χ2v) is 7.67. The lowest BCUT2D eigenvalue weighted by Crippen LogP contribution is -1.98. The molecular formula is C24H14Cl2N2O2. The average Bonchev–Trinajstić information content (AvgIpc) is 3.31. The minimum absolute atomic E-state index is 0.206. The molecule has 1 aliphatic rings. The number of rotatable bonds is 3. The van der Waals surface area contributed by atoms with Gasteiger partial charge in [0.2, 0.25) is 5.78 Å². The topological polar surface area (TPSA) is 44.1 Å². The number of Topliss-reactive ketones (excluding diaryl/α,β-unsaturated/α-hetero) is 1. The number of carbonyl (C=O) groups excluding carboxylic acids is 1. The number of allylic oxidation sites excluding steroid dienone is 1. The highest BCUT2D eigenvalue weighted by Crippen LogP contribution is 2.35. The van der Waals surface area contributed by atoms with Crippen LogP contribution in [0.1, 0.15) is 15.9 Å². The quantitative estimate of drug-likeness (QED) is 0.348. The first-order chi connectivity index (χ1) is 14.6. The Hall–Kier alpha value is -3.34. The molecule has 0 radical (unpaired) electrons. The van der Waals surface area contributed by atoms with Crippen molar-refractivity contribution in [3.63, 3.8) is 0 Å². The summed E-state index contributed by atoms with van der Waals surface area (Å²) in [6.45, 7) is 0. The van der Waals surface area contributed by atoms with Gasteiger partial charge in [0.25, 0.3) is 0 Å². The normalized spacial score (nSPS) is 14.1. The number of halogens is 2. The number of ketones is 1. The Balaban J connectivity index is 1.62. The first-order valence-corrected chi connectivity index (χ1v) is 9.99. The van der Waals surface area contributed by atoms with Crippen molar-refractivity contribution in [1.82, 2.24) is 9.78 Å². The van der Waals surface area contributed by atoms with E-state index in [9.17, 15) is 4.79 Å². The highest BCUT2D eigenvalue weighted by molar-refractivity contribution is 6.31. The Morgan fingerprint density at radius 1 is 0.900 bits per heavy atom. The van der Waals surface area contributed by atoms with Gasteiger partial charge in [-0.2, -0.15) is 5.10 Å². The zero-order valence-corrected chi connectivity index (χ0v) is 17.1. The van der Waals surface area contributed by atoms with Crippen molar-refractivity contribution in [3.8, 4) is 22.7 Å². The summed E-state index contributed by atoms with van der Waals surface area (Å²) < 4.78 is 7.58. The van der Waals surface area contributed by atoms with Gasteiger partial charge in [-0.15, -0.1) is 0 Å². The van der Waals surface area contributed by atoms with Crippen molar-refractivity contribution in [1.29, 1.82) is 0 Å². The van der Waals surface area contributed by atoms with E-state index >= 15 is 0 Å². The lowest BCUT2D eigenvalue weighted by Gasteiger charge is -2.01. The van der Waals surface area contributed by atoms with Crippen LogP contribution in [0, 0.1) is 0 Å². The van der Waals surface area contributed by atoms with Gasteiger partial charge in [-0.25, -0.2) is 4.68 Å². The van der Waals surface area contributed by atoms with Crippen molar-refractivity contribution >= 4 is 35.1 Å². The van der Waals surface area contributed by atoms with Gasteiger partial charge < -0.3 is 4.74 Å². The second-order valence-electron chi connectivity index (χ2n) is 6.80. The van der Waals surface area contributed by atoms with Crippen LogP contribution in [0.25, 0.3) is 23.0 Å². The molecule has 3 aromatic carbocycles. The monoisotopic (exact) mass is 432 g/mol. The molecule has 0 atom stereocenters. The van der Waals surface area contributed by atoms with Crippen LogP contribution >= 0.6 is 23.2 Å². The summed E-state index contributed by atoms with van der Waals surface area (Å²) in [7, 11) is 0. The van der Waals surface area contributed by atoms with E-state index in [0.717, 1.165) is 16.8 Å². The number of benzene rings is 3. The third-order valence-corrected chi connectivity index (χ3v) is 5.28. The number of nitrogens with zero attached hydrogens (tertiary/aromatic N) is 2. The predicted octanol–water partition coefficient (Wildman–Crippen LogP) is 6.46. The highest BCUT2D eigenvalue weighted by Gasteiger charge is 2.28. The summed E-state index contributed by atoms with van der Waals surface area (Å²) in [5, 5.41) is 5.88. The van der Waals surface area contributed by atoms with E-state index in [1.807, 2.05) is 60.8 Å². The molecule has 146 valence electrons. The molecule has 5 rings (SSSR count). The molecule has 0 saturated carbocycles. The Morgan fingerprint density at radius 2 is 1.63 bits per heavy atom. The molecule has 0 aliphatic carbocycles. The van der Waals surface area contributed by atoms with E-state index in [0.29, 0.717) is 27.1 Å². The number of hydrogen-bond acceptors (Lipinski definition) is 3. The molecule has 1 aromatic heterocycles. The first kappa shape index (κ1) is 18.7. The summed E-state index contributed by atoms with van der Waals surface area (Å²) in [6.07, 6.45) is 3.59. The Bertz CT molecular complexity index is 1290. The first-order valence-electron chi connectivity index (χ1n) is 9.23. The molecule has 2 heterocycles. The van der Waals surface area contributed by atoms with Crippen LogP contribution in [0.15, 0.2) is 84.8 Å². The zero-order chi connectivity index (χ0) is 20.7. The van der Waals surface area contributed by atoms with Crippen molar-refractivity contribution in [2.75, 3.05) is 0 Å². The van der Waals surface area contributed by atoms with Gasteiger partial charge in [0.15, 0.2) is 5.76 Å². The fraction of sp³-hybridized carbons (Fsp3) is 0. The standard InChI is InChI=1S/C24H14Cl2N2O2/c25-17-8-6-15(7-9-17)23-16(14-28(27-23)19-4-2-1-3-5-19)12-22-24(29)20-13-18(26)10-11-21(20)30-22/h1-14H/b22-12-. The van der Waals surface area contributed by atoms with Gasteiger partial charge in [-0.3, -0.25) is 4.79 Å². The van der Waals surface area contributed by atoms with Gasteiger partial charge in [-0.1, -0.05) is 53.5 Å². The number of para-hydroxylation sites is 1. The van der Waals surface area contributed by atoms with E-state index < -0.39 is 0 Å². The summed E-state index contributed by atoms with van der Waals surface area (Å²) in [5.41, 5.74) is 3.71. The second kappa shape index (κ2) is 7.48. The number of hydrogen-bond donors (Lipinski definition) is 0. The molecule has 1 aliphatic heterocycles. The Kier molecular flexibility index (Phi) is 4.66. The van der Waals surface area contributed by atoms with Crippen LogP contribution in [0.5, 0.6) is 5.75 Å². The molecule has 0 saturated heterocycles. The van der Waals surface area contributed by atoms with Gasteiger partial charge in [0, 0.05) is 27.4 Å². The summed E-state index contributed by atoms with van der Waals surface area (Å²) in [5.74, 6) is 0.524. The Labute approximate surface area is 182 Å². The number of ether oxygens (including phenoxy) is 1. The molecule has 0 fully saturated rings. The van der Waals surface area contributed by atoms with Crippen LogP contribution in [0.4, 0.5) is 0 Å². The summed E-state index contributed by atoms with van der Waals surface area (Å²) in [4.78, 5) is 12.8. The number of aromatic nitrogens is 2. The van der Waals surface area contributed by atoms with Gasteiger partial charge in [0.05, 0.1) is 11.3 Å². The van der Waals surface area contributed by atoms with Gasteiger partial charge >= 0.3 is 0 Å². The largest absolute Gasteiger partial charge is 0.452 e. The molecule has 0 bridgehead atoms. The lowest BCUT2D eigenvalue weighted by atomic mass is 10.1. The maximum absolute atomic E-state index is 12.8. The van der Waals surface area contributed by atoms with Crippen molar-refractivity contribution in [2.45, 2.75) is 0 Å². The SMILES string of the molecule is O=C1/C(=C/c2cn(-c3ccccc3)nc2-c2ccc(Cl)cc2)Oc2ccc(Cl)cc21. The maximum atomic E-state index is 12.8. The van der Waals surface area contributed by atoms with Crippen LogP contribution in [0.3, 0.4) is 0 Å². The molecule has 4 nitrogen and oxygen atoms in total. The summed E-state index contributed by atoms with van der Waals surface area (Å²) >= 11 is 12.1. The summed E-state index contributed by atoms with van der Waals surface area (Å²) in [6, 6.07) is 22.2. The third-order valence-electron chi connectivity index (χ3n) is 4.80. The third kappa shape index (κ3) is 3.41. The molecular weight excluding hydrogens is 419 g/mol. The minimum Gasteiger partial charge on any atom is -0.452 e. The molecule has 0 spiro atoms. The number of carbonyl (C=O) groups is 1.